The van der Waals surface area contributed by atoms with Crippen LogP contribution in [0.15, 0.2) is 34.9 Å². The third-order valence-corrected chi connectivity index (χ3v) is 3.08. The summed E-state index contributed by atoms with van der Waals surface area (Å²) in [7, 11) is 0. The first kappa shape index (κ1) is 14.8. The number of carboxylic acids is 1. The number of carbonyl (C=O) groups excluding carboxylic acids is 1. The molecule has 0 radical (unpaired) electrons. The zero-order chi connectivity index (χ0) is 15.4. The molecule has 1 aromatic carbocycles. The lowest BCUT2D eigenvalue weighted by molar-refractivity contribution is -0.121. The fourth-order valence-corrected chi connectivity index (χ4v) is 2.08. The lowest BCUT2D eigenvalue weighted by Crippen LogP contribution is -2.28. The molecule has 0 aliphatic carbocycles. The summed E-state index contributed by atoms with van der Waals surface area (Å²) >= 11 is 0. The van der Waals surface area contributed by atoms with Crippen LogP contribution in [0.5, 0.6) is 0 Å². The van der Waals surface area contributed by atoms with Gasteiger partial charge in [0, 0.05) is 0 Å². The minimum atomic E-state index is -1.12. The van der Waals surface area contributed by atoms with Gasteiger partial charge in [-0.25, -0.2) is 4.79 Å². The quantitative estimate of drug-likeness (QED) is 0.879. The molecule has 21 heavy (non-hydrogen) atoms. The predicted octanol–water partition coefficient (Wildman–Crippen LogP) is 2.10. The van der Waals surface area contributed by atoms with Crippen molar-refractivity contribution in [3.63, 3.8) is 0 Å². The molecule has 0 aliphatic heterocycles. The molecule has 1 aromatic heterocycles. The highest BCUT2D eigenvalue weighted by atomic mass is 16.5. The van der Waals surface area contributed by atoms with Crippen molar-refractivity contribution in [2.45, 2.75) is 26.3 Å². The smallest absolute Gasteiger partial charge is 0.341 e. The van der Waals surface area contributed by atoms with Gasteiger partial charge in [0.05, 0.1) is 18.2 Å². The Labute approximate surface area is 121 Å². The highest BCUT2D eigenvalue weighted by Crippen LogP contribution is 2.21. The lowest BCUT2D eigenvalue weighted by atomic mass is 10.1. The Morgan fingerprint density at radius 1 is 1.33 bits per heavy atom. The van der Waals surface area contributed by atoms with Gasteiger partial charge < -0.3 is 14.9 Å². The van der Waals surface area contributed by atoms with Gasteiger partial charge in [-0.15, -0.1) is 0 Å². The van der Waals surface area contributed by atoms with Crippen LogP contribution in [0.4, 0.5) is 0 Å². The second-order valence-electron chi connectivity index (χ2n) is 4.76. The Bertz CT molecular complexity index is 649. The van der Waals surface area contributed by atoms with Crippen LogP contribution in [0.1, 0.15) is 40.3 Å². The van der Waals surface area contributed by atoms with Gasteiger partial charge in [-0.1, -0.05) is 35.5 Å². The van der Waals surface area contributed by atoms with Crippen LogP contribution in [0.25, 0.3) is 0 Å². The van der Waals surface area contributed by atoms with Gasteiger partial charge in [-0.2, -0.15) is 0 Å². The number of aromatic nitrogens is 1. The second kappa shape index (κ2) is 6.21. The van der Waals surface area contributed by atoms with Crippen molar-refractivity contribution in [3.8, 4) is 0 Å². The van der Waals surface area contributed by atoms with Gasteiger partial charge in [0.25, 0.3) is 0 Å². The number of nitrogens with one attached hydrogen (secondary N) is 1. The summed E-state index contributed by atoms with van der Waals surface area (Å²) in [6.45, 7) is 3.21. The average molecular weight is 288 g/mol. The summed E-state index contributed by atoms with van der Waals surface area (Å²) in [4.78, 5) is 23.1. The molecule has 0 saturated heterocycles. The fraction of sp³-hybridized carbons (Fsp3) is 0.267. The van der Waals surface area contributed by atoms with Crippen molar-refractivity contribution in [3.05, 3.63) is 52.9 Å². The number of aryl methyl sites for hydroxylation is 1. The molecule has 2 aromatic rings. The van der Waals surface area contributed by atoms with Crippen LogP contribution in [-0.4, -0.2) is 22.1 Å². The zero-order valence-electron chi connectivity index (χ0n) is 11.8. The van der Waals surface area contributed by atoms with E-state index < -0.39 is 12.0 Å². The summed E-state index contributed by atoms with van der Waals surface area (Å²) in [6, 6.07) is 8.73. The largest absolute Gasteiger partial charge is 0.477 e. The maximum atomic E-state index is 12.0. The van der Waals surface area contributed by atoms with Gasteiger partial charge >= 0.3 is 5.97 Å². The number of carbonyl (C=O) groups is 2. The molecule has 6 nitrogen and oxygen atoms in total. The molecule has 0 aliphatic rings. The van der Waals surface area contributed by atoms with E-state index in [1.54, 1.807) is 13.8 Å². The molecule has 1 amide bonds. The van der Waals surface area contributed by atoms with Gasteiger partial charge in [0.2, 0.25) is 5.91 Å². The molecule has 0 fully saturated rings. The average Bonchev–Trinajstić information content (AvgIpc) is 2.81. The molecule has 0 spiro atoms. The van der Waals surface area contributed by atoms with E-state index in [0.717, 1.165) is 5.56 Å². The molecule has 0 bridgehead atoms. The highest BCUT2D eigenvalue weighted by Gasteiger charge is 2.25. The van der Waals surface area contributed by atoms with E-state index in [-0.39, 0.29) is 23.7 Å². The summed E-state index contributed by atoms with van der Waals surface area (Å²) in [5.74, 6) is -1.17. The van der Waals surface area contributed by atoms with Gasteiger partial charge in [-0.05, 0) is 19.4 Å². The monoisotopic (exact) mass is 288 g/mol. The number of benzene rings is 1. The van der Waals surface area contributed by atoms with Crippen molar-refractivity contribution in [1.82, 2.24) is 10.5 Å². The number of amides is 1. The van der Waals surface area contributed by atoms with Gasteiger partial charge in [0.1, 0.15) is 5.56 Å². The van der Waals surface area contributed by atoms with E-state index in [9.17, 15) is 9.59 Å². The number of hydrogen-bond donors (Lipinski definition) is 2. The summed E-state index contributed by atoms with van der Waals surface area (Å²) in [5.41, 5.74) is 1.18. The van der Waals surface area contributed by atoms with Crippen LogP contribution in [0.2, 0.25) is 0 Å². The summed E-state index contributed by atoms with van der Waals surface area (Å²) in [6.07, 6.45) is 0.223. The van der Waals surface area contributed by atoms with Crippen molar-refractivity contribution in [1.29, 1.82) is 0 Å². The van der Waals surface area contributed by atoms with Crippen molar-refractivity contribution < 1.29 is 19.2 Å². The topological polar surface area (TPSA) is 92.4 Å². The van der Waals surface area contributed by atoms with Crippen LogP contribution < -0.4 is 5.32 Å². The SMILES string of the molecule is Cc1noc(C(C)NC(=O)Cc2ccccc2)c1C(=O)O. The zero-order valence-corrected chi connectivity index (χ0v) is 11.8. The summed E-state index contributed by atoms with van der Waals surface area (Å²) < 4.78 is 5.02. The molecule has 6 heteroatoms. The first-order chi connectivity index (χ1) is 9.99. The van der Waals surface area contributed by atoms with Crippen molar-refractivity contribution in [2.75, 3.05) is 0 Å². The molecule has 1 atom stereocenters. The maximum absolute atomic E-state index is 12.0. The van der Waals surface area contributed by atoms with E-state index in [1.807, 2.05) is 30.3 Å². The van der Waals surface area contributed by atoms with E-state index in [1.165, 1.54) is 0 Å². The molecule has 1 heterocycles. The Morgan fingerprint density at radius 2 is 2.00 bits per heavy atom. The number of nitrogens with zero attached hydrogens (tertiary/aromatic N) is 1. The van der Waals surface area contributed by atoms with Crippen LogP contribution in [0.3, 0.4) is 0 Å². The molecular weight excluding hydrogens is 272 g/mol. The third-order valence-electron chi connectivity index (χ3n) is 3.08. The standard InChI is InChI=1S/C15H16N2O4/c1-9-13(15(19)20)14(21-17-9)10(2)16-12(18)8-11-6-4-3-5-7-11/h3-7,10H,8H2,1-2H3,(H,16,18)(H,19,20). The number of hydrogen-bond acceptors (Lipinski definition) is 4. The third kappa shape index (κ3) is 3.47. The van der Waals surface area contributed by atoms with Crippen LogP contribution in [0, 0.1) is 6.92 Å². The Hall–Kier alpha value is -2.63. The Morgan fingerprint density at radius 3 is 2.62 bits per heavy atom. The number of aromatic carboxylic acids is 1. The highest BCUT2D eigenvalue weighted by molar-refractivity contribution is 5.90. The lowest BCUT2D eigenvalue weighted by Gasteiger charge is -2.11. The van der Waals surface area contributed by atoms with Crippen molar-refractivity contribution in [2.24, 2.45) is 0 Å². The number of rotatable bonds is 5. The second-order valence-corrected chi connectivity index (χ2v) is 4.76. The predicted molar refractivity (Wildman–Crippen MR) is 74.9 cm³/mol. The van der Waals surface area contributed by atoms with Gasteiger partial charge in [-0.3, -0.25) is 4.79 Å². The maximum Gasteiger partial charge on any atom is 0.341 e. The molecule has 110 valence electrons. The molecule has 2 rings (SSSR count). The minimum Gasteiger partial charge on any atom is -0.477 e. The van der Waals surface area contributed by atoms with Crippen LogP contribution in [-0.2, 0) is 11.2 Å². The Kier molecular flexibility index (Phi) is 4.37. The minimum absolute atomic E-state index is 0.00233. The fourth-order valence-electron chi connectivity index (χ4n) is 2.08. The first-order valence-electron chi connectivity index (χ1n) is 6.51. The van der Waals surface area contributed by atoms with Crippen molar-refractivity contribution >= 4 is 11.9 Å². The van der Waals surface area contributed by atoms with E-state index in [2.05, 4.69) is 10.5 Å². The molecular formula is C15H16N2O4. The number of carboxylic acid groups (broad SMARTS) is 1. The summed E-state index contributed by atoms with van der Waals surface area (Å²) in [5, 5.41) is 15.5. The van der Waals surface area contributed by atoms with Gasteiger partial charge in [0.15, 0.2) is 5.76 Å². The van der Waals surface area contributed by atoms with E-state index >= 15 is 0 Å². The van der Waals surface area contributed by atoms with E-state index in [4.69, 9.17) is 9.63 Å². The van der Waals surface area contributed by atoms with E-state index in [0.29, 0.717) is 5.69 Å². The molecule has 2 N–H and O–H groups in total. The normalized spacial score (nSPS) is 11.9. The Balaban J connectivity index is 2.06. The van der Waals surface area contributed by atoms with Crippen LogP contribution >= 0.6 is 0 Å². The first-order valence-corrected chi connectivity index (χ1v) is 6.51. The molecule has 1 unspecified atom stereocenters. The molecule has 0 saturated carbocycles.